The summed E-state index contributed by atoms with van der Waals surface area (Å²) in [6.45, 7) is 1.54. The molecule has 3 aromatic carbocycles. The number of hydrogen-bond acceptors (Lipinski definition) is 6. The predicted molar refractivity (Wildman–Crippen MR) is 116 cm³/mol. The lowest BCUT2D eigenvalue weighted by molar-refractivity contribution is 0.0980. The Labute approximate surface area is 180 Å². The normalized spacial score (nSPS) is 13.0. The van der Waals surface area contributed by atoms with E-state index >= 15 is 0 Å². The minimum absolute atomic E-state index is 0.0385. The Bertz CT molecular complexity index is 1370. The maximum Gasteiger partial charge on any atom is 0.296 e. The molecule has 0 aromatic heterocycles. The second-order valence-electron chi connectivity index (χ2n) is 6.83. The molecule has 0 unspecified atom stereocenters. The second-order valence-corrected chi connectivity index (χ2v) is 9.04. The van der Waals surface area contributed by atoms with Crippen molar-refractivity contribution in [3.63, 3.8) is 0 Å². The quantitative estimate of drug-likeness (QED) is 0.293. The van der Waals surface area contributed by atoms with E-state index in [2.05, 4.69) is 21.2 Å². The third-order valence-electron chi connectivity index (χ3n) is 4.93. The van der Waals surface area contributed by atoms with E-state index < -0.39 is 21.7 Å². The number of hydrogen-bond donors (Lipinski definition) is 3. The lowest BCUT2D eigenvalue weighted by Gasteiger charge is -2.23. The Morgan fingerprint density at radius 3 is 2.13 bits per heavy atom. The summed E-state index contributed by atoms with van der Waals surface area (Å²) >= 11 is 3.30. The van der Waals surface area contributed by atoms with Gasteiger partial charge in [-0.15, -0.1) is 0 Å². The van der Waals surface area contributed by atoms with E-state index in [0.717, 1.165) is 0 Å². The average molecular weight is 487 g/mol. The first kappa shape index (κ1) is 20.3. The van der Waals surface area contributed by atoms with Crippen LogP contribution in [0.2, 0.25) is 0 Å². The Morgan fingerprint density at radius 1 is 0.933 bits per heavy atom. The number of anilines is 3. The van der Waals surface area contributed by atoms with Crippen molar-refractivity contribution >= 4 is 54.7 Å². The van der Waals surface area contributed by atoms with E-state index in [0.29, 0.717) is 10.0 Å². The van der Waals surface area contributed by atoms with Crippen LogP contribution in [-0.2, 0) is 10.1 Å². The fourth-order valence-electron chi connectivity index (χ4n) is 3.62. The number of fused-ring (bicyclic) bond motifs is 2. The molecular formula is C21H15BrN2O5S. The Morgan fingerprint density at radius 2 is 1.53 bits per heavy atom. The molecule has 1 aliphatic rings. The molecule has 0 radical (unpaired) electrons. The van der Waals surface area contributed by atoms with Crippen LogP contribution in [0.15, 0.2) is 57.9 Å². The molecule has 7 nitrogen and oxygen atoms in total. The summed E-state index contributed by atoms with van der Waals surface area (Å²) in [6, 6.07) is 12.5. The third-order valence-corrected chi connectivity index (χ3v) is 6.64. The summed E-state index contributed by atoms with van der Waals surface area (Å²) in [5.74, 6) is -0.816. The summed E-state index contributed by atoms with van der Waals surface area (Å²) in [7, 11) is -4.55. The first-order valence-electron chi connectivity index (χ1n) is 8.75. The van der Waals surface area contributed by atoms with Crippen molar-refractivity contribution in [1.82, 2.24) is 0 Å². The molecule has 4 N–H and O–H groups in total. The van der Waals surface area contributed by atoms with Crippen LogP contribution >= 0.6 is 15.9 Å². The molecular weight excluding hydrogens is 472 g/mol. The van der Waals surface area contributed by atoms with E-state index in [-0.39, 0.29) is 44.2 Å². The highest BCUT2D eigenvalue weighted by molar-refractivity contribution is 9.10. The van der Waals surface area contributed by atoms with Crippen molar-refractivity contribution < 1.29 is 22.6 Å². The molecule has 30 heavy (non-hydrogen) atoms. The summed E-state index contributed by atoms with van der Waals surface area (Å²) in [5.41, 5.74) is 7.37. The van der Waals surface area contributed by atoms with Crippen molar-refractivity contribution in [1.29, 1.82) is 0 Å². The minimum Gasteiger partial charge on any atom is -0.397 e. The molecule has 0 spiro atoms. The van der Waals surface area contributed by atoms with Gasteiger partial charge in [-0.05, 0) is 40.5 Å². The van der Waals surface area contributed by atoms with Crippen LogP contribution < -0.4 is 11.1 Å². The highest BCUT2D eigenvalue weighted by atomic mass is 79.9. The number of carbonyl (C=O) groups excluding carboxylic acids is 2. The number of halogens is 1. The average Bonchev–Trinajstić information content (AvgIpc) is 2.67. The number of nitrogens with one attached hydrogen (secondary N) is 1. The topological polar surface area (TPSA) is 127 Å². The number of aryl methyl sites for hydroxylation is 1. The Balaban J connectivity index is 1.98. The predicted octanol–water partition coefficient (Wildman–Crippen LogP) is 4.11. The first-order valence-corrected chi connectivity index (χ1v) is 11.0. The zero-order chi connectivity index (χ0) is 21.8. The molecule has 4 rings (SSSR count). The van der Waals surface area contributed by atoms with Crippen LogP contribution in [0, 0.1) is 6.92 Å². The molecule has 0 atom stereocenters. The van der Waals surface area contributed by atoms with Gasteiger partial charge in [0.05, 0.1) is 28.2 Å². The summed E-state index contributed by atoms with van der Waals surface area (Å²) < 4.78 is 33.9. The summed E-state index contributed by atoms with van der Waals surface area (Å²) in [6.07, 6.45) is 0. The molecule has 0 bridgehead atoms. The van der Waals surface area contributed by atoms with Crippen molar-refractivity contribution in [2.75, 3.05) is 11.1 Å². The molecule has 0 aliphatic heterocycles. The van der Waals surface area contributed by atoms with Gasteiger partial charge in [-0.3, -0.25) is 14.1 Å². The van der Waals surface area contributed by atoms with Crippen LogP contribution in [0.25, 0.3) is 0 Å². The van der Waals surface area contributed by atoms with Crippen molar-refractivity contribution in [2.24, 2.45) is 0 Å². The maximum absolute atomic E-state index is 13.2. The molecule has 0 heterocycles. The molecule has 0 saturated heterocycles. The lowest BCUT2D eigenvalue weighted by Crippen LogP contribution is -2.24. The molecule has 0 fully saturated rings. The SMILES string of the molecule is Cc1cccc(Nc2cc(Br)c(N)c3c2C(=O)c2ccccc2C3=O)c1S(=O)(=O)O. The van der Waals surface area contributed by atoms with E-state index in [1.165, 1.54) is 25.1 Å². The monoisotopic (exact) mass is 486 g/mol. The fraction of sp³-hybridized carbons (Fsp3) is 0.0476. The van der Waals surface area contributed by atoms with Gasteiger partial charge in [0.1, 0.15) is 4.90 Å². The van der Waals surface area contributed by atoms with Gasteiger partial charge in [0.2, 0.25) is 0 Å². The van der Waals surface area contributed by atoms with E-state index in [1.807, 2.05) is 0 Å². The van der Waals surface area contributed by atoms with Gasteiger partial charge in [-0.25, -0.2) is 0 Å². The molecule has 0 amide bonds. The van der Waals surface area contributed by atoms with Crippen LogP contribution in [0.1, 0.15) is 37.4 Å². The molecule has 3 aromatic rings. The largest absolute Gasteiger partial charge is 0.397 e. The van der Waals surface area contributed by atoms with Gasteiger partial charge in [-0.1, -0.05) is 36.4 Å². The fourth-order valence-corrected chi connectivity index (χ4v) is 4.92. The smallest absolute Gasteiger partial charge is 0.296 e. The van der Waals surface area contributed by atoms with Crippen LogP contribution in [-0.4, -0.2) is 24.5 Å². The highest BCUT2D eigenvalue weighted by Crippen LogP contribution is 2.41. The summed E-state index contributed by atoms with van der Waals surface area (Å²) in [5, 5.41) is 2.90. The molecule has 9 heteroatoms. The third kappa shape index (κ3) is 3.11. The number of ketones is 2. The number of nitrogens with two attached hydrogens (primary N) is 1. The number of rotatable bonds is 3. The zero-order valence-electron chi connectivity index (χ0n) is 15.6. The lowest BCUT2D eigenvalue weighted by atomic mass is 9.82. The molecule has 1 aliphatic carbocycles. The van der Waals surface area contributed by atoms with Gasteiger partial charge in [0.25, 0.3) is 10.1 Å². The van der Waals surface area contributed by atoms with Gasteiger partial charge < -0.3 is 11.1 Å². The second kappa shape index (κ2) is 7.05. The first-order chi connectivity index (χ1) is 14.1. The van der Waals surface area contributed by atoms with Crippen LogP contribution in [0.4, 0.5) is 17.1 Å². The van der Waals surface area contributed by atoms with Gasteiger partial charge in [0.15, 0.2) is 11.6 Å². The number of carbonyl (C=O) groups is 2. The van der Waals surface area contributed by atoms with Crippen molar-refractivity contribution in [3.8, 4) is 0 Å². The van der Waals surface area contributed by atoms with Gasteiger partial charge >= 0.3 is 0 Å². The maximum atomic E-state index is 13.2. The van der Waals surface area contributed by atoms with Crippen LogP contribution in [0.5, 0.6) is 0 Å². The molecule has 0 saturated carbocycles. The number of benzene rings is 3. The Kier molecular flexibility index (Phi) is 4.76. The highest BCUT2D eigenvalue weighted by Gasteiger charge is 2.34. The Hall–Kier alpha value is -3.01. The van der Waals surface area contributed by atoms with E-state index in [4.69, 9.17) is 5.73 Å². The van der Waals surface area contributed by atoms with Crippen molar-refractivity contribution in [3.05, 3.63) is 80.8 Å². The summed E-state index contributed by atoms with van der Waals surface area (Å²) in [4.78, 5) is 26.0. The minimum atomic E-state index is -4.55. The standard InChI is InChI=1S/C21H15BrN2O5S/c1-10-5-4-8-14(21(10)30(27,28)29)24-15-9-13(22)18(23)17-16(15)19(25)11-6-2-3-7-12(11)20(17)26/h2-9,24H,23H2,1H3,(H,27,28,29). The van der Waals surface area contributed by atoms with Gasteiger partial charge in [0, 0.05) is 15.6 Å². The molecule has 152 valence electrons. The zero-order valence-corrected chi connectivity index (χ0v) is 18.0. The number of nitrogen functional groups attached to an aromatic ring is 1. The van der Waals surface area contributed by atoms with Crippen LogP contribution in [0.3, 0.4) is 0 Å². The van der Waals surface area contributed by atoms with Gasteiger partial charge in [-0.2, -0.15) is 8.42 Å². The van der Waals surface area contributed by atoms with E-state index in [9.17, 15) is 22.6 Å². The van der Waals surface area contributed by atoms with Crippen molar-refractivity contribution in [2.45, 2.75) is 11.8 Å². The van der Waals surface area contributed by atoms with E-state index in [1.54, 1.807) is 30.3 Å².